The summed E-state index contributed by atoms with van der Waals surface area (Å²) in [6.07, 6.45) is 5.17. The predicted octanol–water partition coefficient (Wildman–Crippen LogP) is 3.91. The monoisotopic (exact) mass is 373 g/mol. The summed E-state index contributed by atoms with van der Waals surface area (Å²) in [7, 11) is 3.46. The Balaban J connectivity index is 1.69. The normalized spacial score (nSPS) is 17.0. The third-order valence-corrected chi connectivity index (χ3v) is 5.08. The van der Waals surface area contributed by atoms with Gasteiger partial charge < -0.3 is 9.80 Å². The van der Waals surface area contributed by atoms with Gasteiger partial charge in [0, 0.05) is 39.4 Å². The molecule has 1 atom stereocenters. The van der Waals surface area contributed by atoms with Crippen LogP contribution in [0.3, 0.4) is 0 Å². The van der Waals surface area contributed by atoms with Crippen LogP contribution in [0.1, 0.15) is 35.2 Å². The number of pyridine rings is 1. The fraction of sp³-hybridized carbons (Fsp3) is 0.429. The molecule has 0 N–H and O–H groups in total. The van der Waals surface area contributed by atoms with Crippen molar-refractivity contribution < 1.29 is 13.6 Å². The number of hydrogen-bond donors (Lipinski definition) is 0. The molecule has 1 saturated heterocycles. The van der Waals surface area contributed by atoms with Gasteiger partial charge in [0.25, 0.3) is 5.91 Å². The van der Waals surface area contributed by atoms with Crippen molar-refractivity contribution in [2.24, 2.45) is 5.92 Å². The Morgan fingerprint density at radius 3 is 2.85 bits per heavy atom. The minimum atomic E-state index is -0.548. The molecular formula is C21H25F2N3O. The van der Waals surface area contributed by atoms with Gasteiger partial charge in [-0.25, -0.2) is 13.8 Å². The maximum atomic E-state index is 13.9. The lowest BCUT2D eigenvalue weighted by molar-refractivity contribution is 0.0827. The highest BCUT2D eigenvalue weighted by Crippen LogP contribution is 2.28. The van der Waals surface area contributed by atoms with Gasteiger partial charge in [-0.15, -0.1) is 0 Å². The number of benzene rings is 1. The quantitative estimate of drug-likeness (QED) is 0.797. The molecule has 1 unspecified atom stereocenters. The number of nitrogens with zero attached hydrogens (tertiary/aromatic N) is 3. The number of aryl methyl sites for hydroxylation is 1. The van der Waals surface area contributed by atoms with E-state index in [1.54, 1.807) is 31.3 Å². The van der Waals surface area contributed by atoms with Gasteiger partial charge in [-0.2, -0.15) is 0 Å². The maximum Gasteiger partial charge on any atom is 0.257 e. The Morgan fingerprint density at radius 2 is 2.11 bits per heavy atom. The number of carbonyl (C=O) groups excluding carboxylic acids is 1. The molecule has 1 amide bonds. The molecule has 3 rings (SSSR count). The van der Waals surface area contributed by atoms with Gasteiger partial charge in [-0.05, 0) is 55.4 Å². The average Bonchev–Trinajstić information content (AvgIpc) is 2.67. The van der Waals surface area contributed by atoms with Crippen molar-refractivity contribution in [3.05, 3.63) is 59.3 Å². The van der Waals surface area contributed by atoms with Crippen LogP contribution in [0, 0.1) is 17.6 Å². The molecule has 1 aromatic heterocycles. The molecule has 6 heteroatoms. The van der Waals surface area contributed by atoms with Crippen LogP contribution in [0.15, 0.2) is 36.5 Å². The van der Waals surface area contributed by atoms with E-state index in [1.165, 1.54) is 12.1 Å². The fourth-order valence-electron chi connectivity index (χ4n) is 3.63. The first-order valence-electron chi connectivity index (χ1n) is 9.31. The van der Waals surface area contributed by atoms with Gasteiger partial charge in [0.2, 0.25) is 0 Å². The van der Waals surface area contributed by atoms with Crippen molar-refractivity contribution in [3.8, 4) is 0 Å². The van der Waals surface area contributed by atoms with Crippen LogP contribution in [0.4, 0.5) is 14.6 Å². The molecule has 1 aromatic carbocycles. The van der Waals surface area contributed by atoms with Crippen LogP contribution in [0.5, 0.6) is 0 Å². The van der Waals surface area contributed by atoms with Crippen LogP contribution in [0.25, 0.3) is 0 Å². The molecule has 0 aliphatic carbocycles. The molecule has 27 heavy (non-hydrogen) atoms. The molecule has 0 spiro atoms. The summed E-state index contributed by atoms with van der Waals surface area (Å²) < 4.78 is 26.9. The van der Waals surface area contributed by atoms with Crippen molar-refractivity contribution in [1.82, 2.24) is 9.88 Å². The highest BCUT2D eigenvalue weighted by molar-refractivity contribution is 5.98. The lowest BCUT2D eigenvalue weighted by Crippen LogP contribution is -2.38. The van der Waals surface area contributed by atoms with E-state index in [0.717, 1.165) is 38.4 Å². The number of aromatic nitrogens is 1. The van der Waals surface area contributed by atoms with E-state index in [9.17, 15) is 13.6 Å². The van der Waals surface area contributed by atoms with Gasteiger partial charge >= 0.3 is 0 Å². The van der Waals surface area contributed by atoms with Crippen LogP contribution in [-0.4, -0.2) is 43.0 Å². The van der Waals surface area contributed by atoms with Crippen LogP contribution in [-0.2, 0) is 6.42 Å². The summed E-state index contributed by atoms with van der Waals surface area (Å²) in [6, 6.07) is 7.35. The molecule has 1 aliphatic rings. The van der Waals surface area contributed by atoms with Crippen LogP contribution >= 0.6 is 0 Å². The lowest BCUT2D eigenvalue weighted by Gasteiger charge is -2.34. The summed E-state index contributed by atoms with van der Waals surface area (Å²) in [5, 5.41) is 0. The Bertz CT molecular complexity index is 810. The number of piperidine rings is 1. The molecule has 0 radical (unpaired) electrons. The fourth-order valence-corrected chi connectivity index (χ4v) is 3.63. The minimum absolute atomic E-state index is 0.0615. The van der Waals surface area contributed by atoms with E-state index in [0.29, 0.717) is 29.3 Å². The summed E-state index contributed by atoms with van der Waals surface area (Å²) in [5.74, 6) is 0.00887. The average molecular weight is 373 g/mol. The Hall–Kier alpha value is -2.50. The molecule has 4 nitrogen and oxygen atoms in total. The third kappa shape index (κ3) is 4.62. The smallest absolute Gasteiger partial charge is 0.257 e. The molecule has 1 aliphatic heterocycles. The molecule has 144 valence electrons. The molecule has 1 fully saturated rings. The predicted molar refractivity (Wildman–Crippen MR) is 102 cm³/mol. The molecule has 2 heterocycles. The summed E-state index contributed by atoms with van der Waals surface area (Å²) in [6.45, 7) is 1.64. The van der Waals surface area contributed by atoms with E-state index in [1.807, 2.05) is 6.07 Å². The Kier molecular flexibility index (Phi) is 6.04. The van der Waals surface area contributed by atoms with E-state index in [4.69, 9.17) is 0 Å². The Labute approximate surface area is 158 Å². The van der Waals surface area contributed by atoms with Gasteiger partial charge in [-0.1, -0.05) is 6.07 Å². The van der Waals surface area contributed by atoms with E-state index in [-0.39, 0.29) is 5.91 Å². The third-order valence-electron chi connectivity index (χ3n) is 5.08. The first kappa shape index (κ1) is 19.3. The van der Waals surface area contributed by atoms with Crippen molar-refractivity contribution in [2.45, 2.75) is 25.7 Å². The number of halogens is 2. The first-order valence-corrected chi connectivity index (χ1v) is 9.31. The van der Waals surface area contributed by atoms with Crippen LogP contribution < -0.4 is 4.90 Å². The number of anilines is 1. The highest BCUT2D eigenvalue weighted by Gasteiger charge is 2.25. The van der Waals surface area contributed by atoms with Crippen molar-refractivity contribution >= 4 is 11.7 Å². The van der Waals surface area contributed by atoms with Gasteiger partial charge in [0.15, 0.2) is 0 Å². The lowest BCUT2D eigenvalue weighted by atomic mass is 9.91. The second kappa shape index (κ2) is 8.46. The number of hydrogen-bond acceptors (Lipinski definition) is 3. The maximum absolute atomic E-state index is 13.9. The van der Waals surface area contributed by atoms with Crippen LogP contribution in [0.2, 0.25) is 0 Å². The summed E-state index contributed by atoms with van der Waals surface area (Å²) in [5.41, 5.74) is 1.16. The highest BCUT2D eigenvalue weighted by atomic mass is 19.1. The van der Waals surface area contributed by atoms with Gasteiger partial charge in [0.05, 0.1) is 5.56 Å². The zero-order chi connectivity index (χ0) is 19.4. The summed E-state index contributed by atoms with van der Waals surface area (Å²) >= 11 is 0. The Morgan fingerprint density at radius 1 is 1.30 bits per heavy atom. The van der Waals surface area contributed by atoms with Gasteiger partial charge in [0.1, 0.15) is 17.5 Å². The SMILES string of the molecule is CN(C)C(=O)c1cccnc1N1CCCC(CCc2ccc(F)cc2F)C1. The van der Waals surface area contributed by atoms with E-state index >= 15 is 0 Å². The zero-order valence-electron chi connectivity index (χ0n) is 15.8. The summed E-state index contributed by atoms with van der Waals surface area (Å²) in [4.78, 5) is 20.6. The molecule has 2 aromatic rings. The van der Waals surface area contributed by atoms with E-state index < -0.39 is 11.6 Å². The van der Waals surface area contributed by atoms with Crippen molar-refractivity contribution in [2.75, 3.05) is 32.1 Å². The zero-order valence-corrected chi connectivity index (χ0v) is 15.8. The topological polar surface area (TPSA) is 36.4 Å². The second-order valence-corrected chi connectivity index (χ2v) is 7.30. The minimum Gasteiger partial charge on any atom is -0.356 e. The molecular weight excluding hydrogens is 348 g/mol. The standard InChI is InChI=1S/C21H25F2N3O/c1-25(2)21(27)18-6-3-11-24-20(18)26-12-4-5-15(14-26)7-8-16-9-10-17(22)13-19(16)23/h3,6,9-11,13,15H,4-5,7-8,12,14H2,1-2H3. The number of amides is 1. The largest absolute Gasteiger partial charge is 0.356 e. The first-order chi connectivity index (χ1) is 13.0. The van der Waals surface area contributed by atoms with Crippen molar-refractivity contribution in [3.63, 3.8) is 0 Å². The van der Waals surface area contributed by atoms with Gasteiger partial charge in [-0.3, -0.25) is 4.79 Å². The molecule has 0 bridgehead atoms. The molecule has 0 saturated carbocycles. The second-order valence-electron chi connectivity index (χ2n) is 7.30. The number of carbonyl (C=O) groups is 1. The van der Waals surface area contributed by atoms with Crippen molar-refractivity contribution in [1.29, 1.82) is 0 Å². The van der Waals surface area contributed by atoms with E-state index in [2.05, 4.69) is 9.88 Å². The number of rotatable bonds is 5.